The number of carbonyl (C=O) groups is 1. The Labute approximate surface area is 108 Å². The van der Waals surface area contributed by atoms with Gasteiger partial charge in [0.15, 0.2) is 0 Å². The molecule has 0 radical (unpaired) electrons. The van der Waals surface area contributed by atoms with Crippen molar-refractivity contribution in [1.82, 2.24) is 0 Å². The molecule has 3 heteroatoms. The highest BCUT2D eigenvalue weighted by atomic mass is 16.6. The molecule has 3 unspecified atom stereocenters. The van der Waals surface area contributed by atoms with Crippen LogP contribution in [0.5, 0.6) is 0 Å². The molecule has 1 N–H and O–H groups in total. The molecule has 1 aromatic rings. The summed E-state index contributed by atoms with van der Waals surface area (Å²) in [6, 6.07) is 9.45. The van der Waals surface area contributed by atoms with Crippen LogP contribution in [0.4, 0.5) is 10.5 Å². The van der Waals surface area contributed by atoms with Crippen molar-refractivity contribution in [2.75, 3.05) is 5.32 Å². The Morgan fingerprint density at radius 2 is 2.11 bits per heavy atom. The maximum absolute atomic E-state index is 11.9. The lowest BCUT2D eigenvalue weighted by molar-refractivity contribution is -0.00860. The Balaban J connectivity index is 1.61. The molecule has 2 bridgehead atoms. The van der Waals surface area contributed by atoms with Crippen LogP contribution in [-0.2, 0) is 4.74 Å². The monoisotopic (exact) mass is 245 g/mol. The zero-order valence-electron chi connectivity index (χ0n) is 10.7. The van der Waals surface area contributed by atoms with E-state index in [2.05, 4.69) is 12.2 Å². The number of hydrogen-bond donors (Lipinski definition) is 1. The number of nitrogens with one attached hydrogen (secondary N) is 1. The van der Waals surface area contributed by atoms with Gasteiger partial charge in [0, 0.05) is 5.69 Å². The molecule has 0 aromatic heterocycles. The highest BCUT2D eigenvalue weighted by Gasteiger charge is 2.50. The number of fused-ring (bicyclic) bond motifs is 2. The van der Waals surface area contributed by atoms with Crippen molar-refractivity contribution >= 4 is 11.8 Å². The number of benzene rings is 1. The molecule has 1 aromatic carbocycles. The summed E-state index contributed by atoms with van der Waals surface area (Å²) in [4.78, 5) is 11.9. The summed E-state index contributed by atoms with van der Waals surface area (Å²) < 4.78 is 5.69. The van der Waals surface area contributed by atoms with Gasteiger partial charge in [0.05, 0.1) is 0 Å². The number of ether oxygens (including phenoxy) is 1. The Morgan fingerprint density at radius 1 is 1.33 bits per heavy atom. The van der Waals surface area contributed by atoms with Gasteiger partial charge in [-0.1, -0.05) is 18.2 Å². The third kappa shape index (κ3) is 2.09. The summed E-state index contributed by atoms with van der Waals surface area (Å²) in [7, 11) is 0. The lowest BCUT2D eigenvalue weighted by atomic mass is 9.86. The fourth-order valence-electron chi connectivity index (χ4n) is 3.56. The summed E-state index contributed by atoms with van der Waals surface area (Å²) >= 11 is 0. The van der Waals surface area contributed by atoms with Crippen molar-refractivity contribution < 1.29 is 9.53 Å². The molecular weight excluding hydrogens is 226 g/mol. The van der Waals surface area contributed by atoms with Crippen LogP contribution in [0.2, 0.25) is 0 Å². The summed E-state index contributed by atoms with van der Waals surface area (Å²) in [5.74, 6) is 1.33. The molecular formula is C15H19NO2. The summed E-state index contributed by atoms with van der Waals surface area (Å²) in [6.07, 6.45) is 4.45. The first kappa shape index (κ1) is 11.6. The van der Waals surface area contributed by atoms with Crippen molar-refractivity contribution in [2.24, 2.45) is 11.8 Å². The van der Waals surface area contributed by atoms with Gasteiger partial charge in [-0.05, 0) is 56.6 Å². The van der Waals surface area contributed by atoms with Gasteiger partial charge >= 0.3 is 6.09 Å². The third-order valence-electron chi connectivity index (χ3n) is 4.44. The minimum absolute atomic E-state index is 0.248. The van der Waals surface area contributed by atoms with E-state index in [1.165, 1.54) is 19.3 Å². The van der Waals surface area contributed by atoms with E-state index in [1.54, 1.807) is 0 Å². The SMILES string of the molecule is CC1(OC(=O)Nc2ccccc2)CC2CCC1C2. The van der Waals surface area contributed by atoms with Crippen LogP contribution >= 0.6 is 0 Å². The van der Waals surface area contributed by atoms with E-state index in [-0.39, 0.29) is 11.7 Å². The minimum atomic E-state index is -0.323. The Morgan fingerprint density at radius 3 is 2.72 bits per heavy atom. The average Bonchev–Trinajstić information content (AvgIpc) is 2.89. The molecule has 3 atom stereocenters. The third-order valence-corrected chi connectivity index (χ3v) is 4.44. The first-order chi connectivity index (χ1) is 8.66. The molecule has 96 valence electrons. The second kappa shape index (κ2) is 4.30. The zero-order chi connectivity index (χ0) is 12.6. The number of anilines is 1. The van der Waals surface area contributed by atoms with Crippen LogP contribution in [0.15, 0.2) is 30.3 Å². The van der Waals surface area contributed by atoms with Gasteiger partial charge in [-0.15, -0.1) is 0 Å². The Hall–Kier alpha value is -1.51. The van der Waals surface area contributed by atoms with Gasteiger partial charge in [0.2, 0.25) is 0 Å². The highest BCUT2D eigenvalue weighted by molar-refractivity contribution is 5.84. The predicted molar refractivity (Wildman–Crippen MR) is 70.4 cm³/mol. The molecule has 0 spiro atoms. The van der Waals surface area contributed by atoms with E-state index in [4.69, 9.17) is 4.74 Å². The van der Waals surface area contributed by atoms with Gasteiger partial charge in [0.1, 0.15) is 5.60 Å². The normalized spacial score (nSPS) is 33.4. The second-order valence-corrected chi connectivity index (χ2v) is 5.77. The molecule has 1 amide bonds. The van der Waals surface area contributed by atoms with E-state index in [9.17, 15) is 4.79 Å². The fourth-order valence-corrected chi connectivity index (χ4v) is 3.56. The van der Waals surface area contributed by atoms with Gasteiger partial charge in [-0.3, -0.25) is 5.32 Å². The van der Waals surface area contributed by atoms with Gasteiger partial charge in [-0.25, -0.2) is 4.79 Å². The summed E-state index contributed by atoms with van der Waals surface area (Å²) in [6.45, 7) is 2.08. The fraction of sp³-hybridized carbons (Fsp3) is 0.533. The molecule has 0 heterocycles. The number of para-hydroxylation sites is 1. The average molecular weight is 245 g/mol. The number of amides is 1. The standard InChI is InChI=1S/C15H19NO2/c1-15(10-11-7-8-12(15)9-11)18-14(17)16-13-5-3-2-4-6-13/h2-6,11-12H,7-10H2,1H3,(H,16,17). The van der Waals surface area contributed by atoms with Crippen LogP contribution in [0, 0.1) is 11.8 Å². The summed E-state index contributed by atoms with van der Waals surface area (Å²) in [5, 5.41) is 2.79. The smallest absolute Gasteiger partial charge is 0.412 e. The Bertz CT molecular complexity index is 445. The first-order valence-corrected chi connectivity index (χ1v) is 6.71. The Kier molecular flexibility index (Phi) is 2.77. The molecule has 2 aliphatic carbocycles. The molecule has 3 rings (SSSR count). The van der Waals surface area contributed by atoms with Crippen molar-refractivity contribution in [3.8, 4) is 0 Å². The lowest BCUT2D eigenvalue weighted by Gasteiger charge is -2.33. The van der Waals surface area contributed by atoms with Gasteiger partial charge in [-0.2, -0.15) is 0 Å². The maximum atomic E-state index is 11.9. The van der Waals surface area contributed by atoms with Crippen molar-refractivity contribution in [2.45, 2.75) is 38.2 Å². The number of rotatable bonds is 2. The van der Waals surface area contributed by atoms with Crippen molar-refractivity contribution in [3.05, 3.63) is 30.3 Å². The minimum Gasteiger partial charge on any atom is -0.443 e. The summed E-state index contributed by atoms with van der Waals surface area (Å²) in [5.41, 5.74) is 0.538. The molecule has 0 saturated heterocycles. The van der Waals surface area contributed by atoms with E-state index in [1.807, 2.05) is 30.3 Å². The molecule has 3 nitrogen and oxygen atoms in total. The van der Waals surface area contributed by atoms with Gasteiger partial charge in [0.25, 0.3) is 0 Å². The maximum Gasteiger partial charge on any atom is 0.412 e. The van der Waals surface area contributed by atoms with Gasteiger partial charge < -0.3 is 4.74 Å². The number of hydrogen-bond acceptors (Lipinski definition) is 2. The van der Waals surface area contributed by atoms with E-state index in [0.717, 1.165) is 18.0 Å². The lowest BCUT2D eigenvalue weighted by Crippen LogP contribution is -2.38. The van der Waals surface area contributed by atoms with Crippen LogP contribution in [-0.4, -0.2) is 11.7 Å². The molecule has 2 fully saturated rings. The highest BCUT2D eigenvalue weighted by Crippen LogP contribution is 2.52. The largest absolute Gasteiger partial charge is 0.443 e. The molecule has 18 heavy (non-hydrogen) atoms. The molecule has 2 saturated carbocycles. The molecule has 2 aliphatic rings. The van der Waals surface area contributed by atoms with E-state index < -0.39 is 0 Å². The zero-order valence-corrected chi connectivity index (χ0v) is 10.7. The molecule has 0 aliphatic heterocycles. The first-order valence-electron chi connectivity index (χ1n) is 6.71. The van der Waals surface area contributed by atoms with E-state index in [0.29, 0.717) is 5.92 Å². The second-order valence-electron chi connectivity index (χ2n) is 5.77. The quantitative estimate of drug-likeness (QED) is 0.860. The van der Waals surface area contributed by atoms with Crippen LogP contribution in [0.25, 0.3) is 0 Å². The van der Waals surface area contributed by atoms with Crippen molar-refractivity contribution in [1.29, 1.82) is 0 Å². The van der Waals surface area contributed by atoms with Crippen LogP contribution in [0.1, 0.15) is 32.6 Å². The number of carbonyl (C=O) groups excluding carboxylic acids is 1. The van der Waals surface area contributed by atoms with Crippen LogP contribution in [0.3, 0.4) is 0 Å². The van der Waals surface area contributed by atoms with Crippen molar-refractivity contribution in [3.63, 3.8) is 0 Å². The van der Waals surface area contributed by atoms with E-state index >= 15 is 0 Å². The predicted octanol–water partition coefficient (Wildman–Crippen LogP) is 3.81. The van der Waals surface area contributed by atoms with Crippen LogP contribution < -0.4 is 5.32 Å². The topological polar surface area (TPSA) is 38.3 Å².